The van der Waals surface area contributed by atoms with Crippen molar-refractivity contribution in [1.82, 2.24) is 10.0 Å². The van der Waals surface area contributed by atoms with E-state index in [9.17, 15) is 18.0 Å². The molecule has 0 heterocycles. The fourth-order valence-electron chi connectivity index (χ4n) is 2.14. The summed E-state index contributed by atoms with van der Waals surface area (Å²) >= 11 is 0. The smallest absolute Gasteiger partial charge is 0.326 e. The van der Waals surface area contributed by atoms with Crippen LogP contribution in [-0.4, -0.2) is 38.5 Å². The van der Waals surface area contributed by atoms with Crippen molar-refractivity contribution in [3.05, 3.63) is 29.8 Å². The van der Waals surface area contributed by atoms with E-state index in [1.54, 1.807) is 19.1 Å². The quantitative estimate of drug-likeness (QED) is 0.614. The van der Waals surface area contributed by atoms with Crippen LogP contribution in [0.5, 0.6) is 0 Å². The van der Waals surface area contributed by atoms with E-state index in [2.05, 4.69) is 10.0 Å². The molecule has 0 radical (unpaired) electrons. The highest BCUT2D eigenvalue weighted by Gasteiger charge is 2.24. The summed E-state index contributed by atoms with van der Waals surface area (Å²) in [6, 6.07) is 5.32. The molecular formula is C16H24N2O5S. The number of amides is 1. The van der Waals surface area contributed by atoms with Gasteiger partial charge >= 0.3 is 5.97 Å². The molecule has 1 amide bonds. The van der Waals surface area contributed by atoms with Crippen LogP contribution in [0.25, 0.3) is 0 Å². The zero-order valence-electron chi connectivity index (χ0n) is 14.1. The highest BCUT2D eigenvalue weighted by Crippen LogP contribution is 2.12. The van der Waals surface area contributed by atoms with E-state index >= 15 is 0 Å². The highest BCUT2D eigenvalue weighted by molar-refractivity contribution is 7.89. The second kappa shape index (κ2) is 8.79. The maximum absolute atomic E-state index is 11.9. The van der Waals surface area contributed by atoms with Gasteiger partial charge in [0.1, 0.15) is 6.04 Å². The van der Waals surface area contributed by atoms with E-state index in [4.69, 9.17) is 5.11 Å². The summed E-state index contributed by atoms with van der Waals surface area (Å²) in [4.78, 5) is 23.3. The topological polar surface area (TPSA) is 113 Å². The van der Waals surface area contributed by atoms with E-state index in [-0.39, 0.29) is 23.1 Å². The molecule has 0 saturated heterocycles. The minimum absolute atomic E-state index is 0.137. The third-order valence-electron chi connectivity index (χ3n) is 3.94. The third kappa shape index (κ3) is 5.61. The van der Waals surface area contributed by atoms with Crippen LogP contribution in [0.4, 0.5) is 0 Å². The van der Waals surface area contributed by atoms with Gasteiger partial charge in [0.05, 0.1) is 4.90 Å². The number of nitrogens with one attached hydrogen (secondary N) is 2. The van der Waals surface area contributed by atoms with Crippen molar-refractivity contribution in [2.75, 3.05) is 7.05 Å². The van der Waals surface area contributed by atoms with Crippen LogP contribution < -0.4 is 10.0 Å². The second-order valence-corrected chi connectivity index (χ2v) is 7.51. The fraction of sp³-hybridized carbons (Fsp3) is 0.500. The van der Waals surface area contributed by atoms with Crippen molar-refractivity contribution in [1.29, 1.82) is 0 Å². The molecule has 0 bridgehead atoms. The van der Waals surface area contributed by atoms with Crippen LogP contribution >= 0.6 is 0 Å². The highest BCUT2D eigenvalue weighted by atomic mass is 32.2. The molecule has 0 aliphatic rings. The van der Waals surface area contributed by atoms with Crippen LogP contribution in [0.2, 0.25) is 0 Å². The maximum Gasteiger partial charge on any atom is 0.326 e. The first-order chi connectivity index (χ1) is 11.2. The molecule has 2 atom stereocenters. The first-order valence-electron chi connectivity index (χ1n) is 7.76. The van der Waals surface area contributed by atoms with Gasteiger partial charge in [-0.15, -0.1) is 0 Å². The van der Waals surface area contributed by atoms with Gasteiger partial charge < -0.3 is 10.4 Å². The predicted octanol–water partition coefficient (Wildman–Crippen LogP) is 1.14. The molecule has 1 aromatic rings. The Morgan fingerprint density at radius 1 is 1.21 bits per heavy atom. The van der Waals surface area contributed by atoms with E-state index in [1.165, 1.54) is 19.2 Å². The molecule has 0 spiro atoms. The van der Waals surface area contributed by atoms with Crippen molar-refractivity contribution >= 4 is 21.9 Å². The van der Waals surface area contributed by atoms with E-state index in [1.807, 2.05) is 6.92 Å². The molecule has 8 heteroatoms. The largest absolute Gasteiger partial charge is 0.480 e. The van der Waals surface area contributed by atoms with E-state index < -0.39 is 22.0 Å². The molecular weight excluding hydrogens is 332 g/mol. The van der Waals surface area contributed by atoms with E-state index in [0.717, 1.165) is 5.56 Å². The van der Waals surface area contributed by atoms with Crippen LogP contribution in [-0.2, 0) is 26.0 Å². The Morgan fingerprint density at radius 2 is 1.79 bits per heavy atom. The predicted molar refractivity (Wildman–Crippen MR) is 90.0 cm³/mol. The molecule has 1 aromatic carbocycles. The standard InChI is InChI=1S/C16H24N2O5S/c1-4-11(2)15(16(20)21)18-14(19)10-7-12-5-8-13(9-6-12)24(22,23)17-3/h5-6,8-9,11,15,17H,4,7,10H2,1-3H3,(H,18,19)(H,20,21)/t11-,15-/m0/s1. The van der Waals surface area contributed by atoms with Gasteiger partial charge in [-0.2, -0.15) is 0 Å². The molecule has 24 heavy (non-hydrogen) atoms. The van der Waals surface area contributed by atoms with Crippen molar-refractivity contribution < 1.29 is 23.1 Å². The van der Waals surface area contributed by atoms with Crippen LogP contribution in [0.15, 0.2) is 29.2 Å². The van der Waals surface area contributed by atoms with Crippen LogP contribution in [0.3, 0.4) is 0 Å². The monoisotopic (exact) mass is 356 g/mol. The number of hydrogen-bond donors (Lipinski definition) is 3. The Morgan fingerprint density at radius 3 is 2.25 bits per heavy atom. The number of rotatable bonds is 9. The molecule has 0 aliphatic heterocycles. The van der Waals surface area contributed by atoms with Gasteiger partial charge in [0.25, 0.3) is 0 Å². The third-order valence-corrected chi connectivity index (χ3v) is 5.37. The summed E-state index contributed by atoms with van der Waals surface area (Å²) in [7, 11) is -2.14. The summed E-state index contributed by atoms with van der Waals surface area (Å²) in [5, 5.41) is 11.7. The fourth-order valence-corrected chi connectivity index (χ4v) is 2.87. The van der Waals surface area contributed by atoms with Crippen molar-refractivity contribution in [3.63, 3.8) is 0 Å². The summed E-state index contributed by atoms with van der Waals surface area (Å²) in [6.45, 7) is 3.65. The lowest BCUT2D eigenvalue weighted by Gasteiger charge is -2.20. The Balaban J connectivity index is 2.63. The zero-order valence-corrected chi connectivity index (χ0v) is 14.9. The maximum atomic E-state index is 11.9. The number of carboxylic acids is 1. The van der Waals surface area contributed by atoms with Gasteiger partial charge in [0, 0.05) is 6.42 Å². The van der Waals surface area contributed by atoms with Gasteiger partial charge in [-0.25, -0.2) is 17.9 Å². The Bertz CT molecular complexity index is 670. The first-order valence-corrected chi connectivity index (χ1v) is 9.24. The normalized spacial score (nSPS) is 14.0. The van der Waals surface area contributed by atoms with Gasteiger partial charge in [0.15, 0.2) is 0 Å². The number of carbonyl (C=O) groups is 2. The summed E-state index contributed by atoms with van der Waals surface area (Å²) in [5.74, 6) is -1.54. The molecule has 0 saturated carbocycles. The lowest BCUT2D eigenvalue weighted by atomic mass is 9.99. The van der Waals surface area contributed by atoms with Crippen LogP contribution in [0.1, 0.15) is 32.3 Å². The number of hydrogen-bond acceptors (Lipinski definition) is 4. The SMILES string of the molecule is CC[C@H](C)[C@H](NC(=O)CCc1ccc(S(=O)(=O)NC)cc1)C(=O)O. The average molecular weight is 356 g/mol. The summed E-state index contributed by atoms with van der Waals surface area (Å²) < 4.78 is 25.5. The molecule has 0 unspecified atom stereocenters. The molecule has 3 N–H and O–H groups in total. The van der Waals surface area contributed by atoms with E-state index in [0.29, 0.717) is 12.8 Å². The van der Waals surface area contributed by atoms with Crippen molar-refractivity contribution in [3.8, 4) is 0 Å². The van der Waals surface area contributed by atoms with Crippen molar-refractivity contribution in [2.24, 2.45) is 5.92 Å². The van der Waals surface area contributed by atoms with Gasteiger partial charge in [-0.3, -0.25) is 4.79 Å². The minimum atomic E-state index is -3.48. The van der Waals surface area contributed by atoms with Gasteiger partial charge in [-0.1, -0.05) is 32.4 Å². The molecule has 0 aliphatic carbocycles. The summed E-state index contributed by atoms with van der Waals surface area (Å²) in [6.07, 6.45) is 1.19. The number of carboxylic acid groups (broad SMARTS) is 1. The minimum Gasteiger partial charge on any atom is -0.480 e. The first kappa shape index (κ1) is 20.1. The Kier molecular flexibility index (Phi) is 7.37. The lowest BCUT2D eigenvalue weighted by Crippen LogP contribution is -2.45. The van der Waals surface area contributed by atoms with Crippen molar-refractivity contribution in [2.45, 2.75) is 44.0 Å². The number of aryl methyl sites for hydroxylation is 1. The number of benzene rings is 1. The van der Waals surface area contributed by atoms with Gasteiger partial charge in [-0.05, 0) is 37.1 Å². The molecule has 7 nitrogen and oxygen atoms in total. The summed E-state index contributed by atoms with van der Waals surface area (Å²) in [5.41, 5.74) is 0.801. The number of aliphatic carboxylic acids is 1. The molecule has 134 valence electrons. The molecule has 1 rings (SSSR count). The number of carbonyl (C=O) groups excluding carboxylic acids is 1. The van der Waals surface area contributed by atoms with Crippen LogP contribution in [0, 0.1) is 5.92 Å². The zero-order chi connectivity index (χ0) is 18.3. The average Bonchev–Trinajstić information content (AvgIpc) is 2.57. The van der Waals surface area contributed by atoms with Gasteiger partial charge in [0.2, 0.25) is 15.9 Å². The molecule has 0 aromatic heterocycles. The second-order valence-electron chi connectivity index (χ2n) is 5.62. The Labute approximate surface area is 142 Å². The Hall–Kier alpha value is -1.93. The molecule has 0 fully saturated rings. The number of sulfonamides is 1. The lowest BCUT2D eigenvalue weighted by molar-refractivity contribution is -0.143.